The van der Waals surface area contributed by atoms with E-state index in [0.717, 1.165) is 48.0 Å². The summed E-state index contributed by atoms with van der Waals surface area (Å²) in [6.45, 7) is 5.37. The molecule has 1 aromatic carbocycles. The van der Waals surface area contributed by atoms with Gasteiger partial charge in [-0.25, -0.2) is 4.98 Å². The van der Waals surface area contributed by atoms with E-state index < -0.39 is 0 Å². The number of fused-ring (bicyclic) bond motifs is 2. The topological polar surface area (TPSA) is 106 Å². The summed E-state index contributed by atoms with van der Waals surface area (Å²) in [4.78, 5) is 23.0. The van der Waals surface area contributed by atoms with Gasteiger partial charge in [0.05, 0.1) is 24.8 Å². The molecule has 0 bridgehead atoms. The number of amides is 1. The Balaban J connectivity index is 1.36. The molecule has 36 heavy (non-hydrogen) atoms. The van der Waals surface area contributed by atoms with Crippen molar-refractivity contribution >= 4 is 23.2 Å². The first-order valence-corrected chi connectivity index (χ1v) is 12.8. The van der Waals surface area contributed by atoms with Crippen molar-refractivity contribution in [2.24, 2.45) is 0 Å². The maximum atomic E-state index is 13.3. The molecule has 8 nitrogen and oxygen atoms in total. The Bertz CT molecular complexity index is 1350. The minimum Gasteiger partial charge on any atom is -0.387 e. The number of aryl methyl sites for hydroxylation is 1. The number of hydrogen-bond acceptors (Lipinski definition) is 6. The Kier molecular flexibility index (Phi) is 6.07. The van der Waals surface area contributed by atoms with Gasteiger partial charge in [0.25, 0.3) is 5.91 Å². The first kappa shape index (κ1) is 22.9. The number of hydrogen-bond donors (Lipinski definition) is 4. The van der Waals surface area contributed by atoms with E-state index in [-0.39, 0.29) is 11.9 Å². The number of morpholine rings is 1. The summed E-state index contributed by atoms with van der Waals surface area (Å²) in [6, 6.07) is 7.23. The van der Waals surface area contributed by atoms with Crippen LogP contribution in [-0.2, 0) is 22.5 Å². The lowest BCUT2D eigenvalue weighted by Crippen LogP contribution is -2.40. The van der Waals surface area contributed by atoms with Crippen molar-refractivity contribution in [3.05, 3.63) is 64.6 Å². The number of aromatic nitrogens is 2. The van der Waals surface area contributed by atoms with Crippen LogP contribution in [-0.4, -0.2) is 59.3 Å². The van der Waals surface area contributed by atoms with Crippen molar-refractivity contribution in [1.82, 2.24) is 25.5 Å². The molecular weight excluding hydrogens is 452 g/mol. The van der Waals surface area contributed by atoms with Crippen LogP contribution >= 0.6 is 0 Å². The summed E-state index contributed by atoms with van der Waals surface area (Å²) in [6.07, 6.45) is 9.83. The first-order chi connectivity index (χ1) is 17.6. The molecule has 2 aromatic heterocycles. The molecule has 186 valence electrons. The zero-order valence-corrected chi connectivity index (χ0v) is 20.6. The third-order valence-electron chi connectivity index (χ3n) is 7.49. The van der Waals surface area contributed by atoms with Crippen LogP contribution in [0.5, 0.6) is 0 Å². The predicted octanol–water partition coefficient (Wildman–Crippen LogP) is 3.37. The number of H-pyrrole nitrogens is 1. The van der Waals surface area contributed by atoms with Gasteiger partial charge in [-0.15, -0.1) is 0 Å². The number of benzene rings is 1. The SMILES string of the molecule is Cc1c[nH]c2ncc(-c3cc4c(c(C5COCCN5)c3)CN(C(=O)/C(C=N)=C/NC3CC3)CC4)cc12. The molecule has 3 aromatic rings. The summed E-state index contributed by atoms with van der Waals surface area (Å²) in [5.74, 6) is -0.0933. The number of nitrogens with one attached hydrogen (secondary N) is 4. The van der Waals surface area contributed by atoms with Crippen molar-refractivity contribution < 1.29 is 9.53 Å². The van der Waals surface area contributed by atoms with Crippen LogP contribution < -0.4 is 10.6 Å². The Labute approximate surface area is 210 Å². The summed E-state index contributed by atoms with van der Waals surface area (Å²) >= 11 is 0. The number of pyridine rings is 1. The molecule has 4 N–H and O–H groups in total. The first-order valence-electron chi connectivity index (χ1n) is 12.8. The average molecular weight is 485 g/mol. The molecule has 2 fully saturated rings. The molecule has 4 heterocycles. The molecule has 1 unspecified atom stereocenters. The number of carbonyl (C=O) groups is 1. The third-order valence-corrected chi connectivity index (χ3v) is 7.49. The molecule has 1 saturated heterocycles. The van der Waals surface area contributed by atoms with Crippen LogP contribution in [0.2, 0.25) is 0 Å². The molecule has 0 spiro atoms. The van der Waals surface area contributed by atoms with Crippen molar-refractivity contribution in [3.63, 3.8) is 0 Å². The molecule has 8 heteroatoms. The van der Waals surface area contributed by atoms with Crippen molar-refractivity contribution in [1.29, 1.82) is 5.41 Å². The predicted molar refractivity (Wildman–Crippen MR) is 140 cm³/mol. The van der Waals surface area contributed by atoms with E-state index >= 15 is 0 Å². The van der Waals surface area contributed by atoms with Gasteiger partial charge in [0, 0.05) is 61.4 Å². The fourth-order valence-corrected chi connectivity index (χ4v) is 5.21. The van der Waals surface area contributed by atoms with Gasteiger partial charge in [-0.3, -0.25) is 4.79 Å². The Morgan fingerprint density at radius 3 is 2.94 bits per heavy atom. The van der Waals surface area contributed by atoms with Crippen LogP contribution in [0.3, 0.4) is 0 Å². The molecular formula is C28H32N6O2. The van der Waals surface area contributed by atoms with Crippen molar-refractivity contribution in [2.75, 3.05) is 26.3 Å². The van der Waals surface area contributed by atoms with Crippen molar-refractivity contribution in [2.45, 2.75) is 44.8 Å². The van der Waals surface area contributed by atoms with Gasteiger partial charge in [-0.1, -0.05) is 6.07 Å². The number of ether oxygens (including phenoxy) is 1. The Morgan fingerprint density at radius 2 is 2.17 bits per heavy atom. The van der Waals surface area contributed by atoms with E-state index in [2.05, 4.69) is 45.7 Å². The van der Waals surface area contributed by atoms with E-state index in [4.69, 9.17) is 10.1 Å². The number of aromatic amines is 1. The standard InChI is InChI=1S/C28H32N6O2/c1-17-12-32-27-23(17)10-20(13-33-27)19-8-18-4-6-34(28(35)21(11-29)14-31-22-2-3-22)15-25(18)24(9-19)26-16-36-7-5-30-26/h8-14,22,26,29-31H,2-7,15-16H2,1H3,(H,32,33)/b21-14+,29-11?. The van der Waals surface area contributed by atoms with Crippen LogP contribution in [0.15, 0.2) is 42.4 Å². The second-order valence-corrected chi connectivity index (χ2v) is 10.0. The van der Waals surface area contributed by atoms with Crippen LogP contribution in [0, 0.1) is 12.3 Å². The van der Waals surface area contributed by atoms with E-state index in [1.54, 1.807) is 6.20 Å². The summed E-state index contributed by atoms with van der Waals surface area (Å²) in [5.41, 5.74) is 8.35. The van der Waals surface area contributed by atoms with E-state index in [9.17, 15) is 4.79 Å². The van der Waals surface area contributed by atoms with Gasteiger partial charge in [0.2, 0.25) is 0 Å². The smallest absolute Gasteiger partial charge is 0.257 e. The second kappa shape index (κ2) is 9.52. The molecule has 0 radical (unpaired) electrons. The average Bonchev–Trinajstić information content (AvgIpc) is 3.69. The Morgan fingerprint density at radius 1 is 1.28 bits per heavy atom. The van der Waals surface area contributed by atoms with Gasteiger partial charge in [-0.2, -0.15) is 0 Å². The van der Waals surface area contributed by atoms with E-state index in [1.165, 1.54) is 28.5 Å². The Hall–Kier alpha value is -3.49. The fourth-order valence-electron chi connectivity index (χ4n) is 5.21. The lowest BCUT2D eigenvalue weighted by atomic mass is 9.87. The lowest BCUT2D eigenvalue weighted by molar-refractivity contribution is -0.127. The monoisotopic (exact) mass is 484 g/mol. The maximum Gasteiger partial charge on any atom is 0.257 e. The maximum absolute atomic E-state index is 13.3. The van der Waals surface area contributed by atoms with E-state index in [0.29, 0.717) is 37.9 Å². The highest BCUT2D eigenvalue weighted by atomic mass is 16.5. The second-order valence-electron chi connectivity index (χ2n) is 10.0. The number of nitrogens with zero attached hydrogens (tertiary/aromatic N) is 2. The van der Waals surface area contributed by atoms with Gasteiger partial charge in [-0.05, 0) is 66.1 Å². The van der Waals surface area contributed by atoms with Crippen LogP contribution in [0.1, 0.15) is 41.1 Å². The largest absolute Gasteiger partial charge is 0.387 e. The quantitative estimate of drug-likeness (QED) is 0.317. The summed E-state index contributed by atoms with van der Waals surface area (Å²) < 4.78 is 5.82. The number of rotatable bonds is 6. The fraction of sp³-hybridized carbons (Fsp3) is 0.393. The van der Waals surface area contributed by atoms with Crippen LogP contribution in [0.25, 0.3) is 22.2 Å². The normalized spacial score (nSPS) is 20.3. The third kappa shape index (κ3) is 4.42. The van der Waals surface area contributed by atoms with E-state index in [1.807, 2.05) is 17.3 Å². The molecule has 1 aliphatic carbocycles. The molecule has 1 saturated carbocycles. The zero-order chi connectivity index (χ0) is 24.6. The minimum atomic E-state index is -0.0933. The highest BCUT2D eigenvalue weighted by molar-refractivity contribution is 6.11. The van der Waals surface area contributed by atoms with Crippen molar-refractivity contribution in [3.8, 4) is 11.1 Å². The zero-order valence-electron chi connectivity index (χ0n) is 20.6. The van der Waals surface area contributed by atoms with Gasteiger partial charge >= 0.3 is 0 Å². The minimum absolute atomic E-state index is 0.0717. The molecule has 6 rings (SSSR count). The molecule has 1 atom stereocenters. The highest BCUT2D eigenvalue weighted by Crippen LogP contribution is 2.34. The van der Waals surface area contributed by atoms with Crippen LogP contribution in [0.4, 0.5) is 0 Å². The highest BCUT2D eigenvalue weighted by Gasteiger charge is 2.29. The summed E-state index contributed by atoms with van der Waals surface area (Å²) in [5, 5.41) is 15.8. The van der Waals surface area contributed by atoms with Gasteiger partial charge in [0.1, 0.15) is 5.65 Å². The molecule has 1 amide bonds. The number of carbonyl (C=O) groups excluding carboxylic acids is 1. The summed E-state index contributed by atoms with van der Waals surface area (Å²) in [7, 11) is 0. The molecule has 3 aliphatic rings. The van der Waals surface area contributed by atoms with Gasteiger partial charge in [0.15, 0.2) is 0 Å². The molecule has 2 aliphatic heterocycles. The van der Waals surface area contributed by atoms with Gasteiger partial charge < -0.3 is 30.7 Å². The lowest BCUT2D eigenvalue weighted by Gasteiger charge is -2.34.